The average Bonchev–Trinajstić information content (AvgIpc) is 3.35. The second-order valence-electron chi connectivity index (χ2n) is 6.96. The summed E-state index contributed by atoms with van der Waals surface area (Å²) in [6, 6.07) is 3.98. The molecule has 0 radical (unpaired) electrons. The fourth-order valence-electron chi connectivity index (χ4n) is 3.32. The minimum absolute atomic E-state index is 0.0204. The molecule has 1 aliphatic carbocycles. The molecule has 5 heteroatoms. The Balaban J connectivity index is 1.72. The zero-order chi connectivity index (χ0) is 15.5. The fourth-order valence-corrected chi connectivity index (χ4v) is 3.32. The van der Waals surface area contributed by atoms with Crippen molar-refractivity contribution in [3.8, 4) is 0 Å². The molecule has 0 bridgehead atoms. The van der Waals surface area contributed by atoms with E-state index in [4.69, 9.17) is 0 Å². The van der Waals surface area contributed by atoms with Gasteiger partial charge in [0, 0.05) is 38.4 Å². The van der Waals surface area contributed by atoms with E-state index in [0.717, 1.165) is 32.0 Å². The van der Waals surface area contributed by atoms with Crippen LogP contribution in [0.3, 0.4) is 0 Å². The lowest BCUT2D eigenvalue weighted by molar-refractivity contribution is 0.0697. The highest BCUT2D eigenvalue weighted by atomic mass is 16.2. The van der Waals surface area contributed by atoms with Gasteiger partial charge in [-0.2, -0.15) is 5.10 Å². The Hall–Kier alpha value is -1.49. The Labute approximate surface area is 132 Å². The number of hydrogen-bond acceptors (Lipinski definition) is 4. The Morgan fingerprint density at radius 2 is 2.18 bits per heavy atom. The van der Waals surface area contributed by atoms with E-state index >= 15 is 0 Å². The van der Waals surface area contributed by atoms with Gasteiger partial charge in [-0.1, -0.05) is 13.8 Å². The van der Waals surface area contributed by atoms with Gasteiger partial charge in [-0.25, -0.2) is 0 Å². The maximum atomic E-state index is 12.7. The van der Waals surface area contributed by atoms with Crippen molar-refractivity contribution in [2.75, 3.05) is 26.2 Å². The highest BCUT2D eigenvalue weighted by molar-refractivity contribution is 5.92. The second kappa shape index (κ2) is 6.73. The van der Waals surface area contributed by atoms with Crippen molar-refractivity contribution in [3.05, 3.63) is 24.0 Å². The van der Waals surface area contributed by atoms with Gasteiger partial charge >= 0.3 is 0 Å². The van der Waals surface area contributed by atoms with Crippen LogP contribution in [0.1, 0.15) is 43.6 Å². The summed E-state index contributed by atoms with van der Waals surface area (Å²) in [5.74, 6) is 1.46. The van der Waals surface area contributed by atoms with Crippen molar-refractivity contribution in [2.45, 2.75) is 39.2 Å². The number of aromatic nitrogens is 2. The van der Waals surface area contributed by atoms with Crippen molar-refractivity contribution in [2.24, 2.45) is 11.8 Å². The molecule has 1 aliphatic heterocycles. The van der Waals surface area contributed by atoms with E-state index in [-0.39, 0.29) is 5.91 Å². The lowest BCUT2D eigenvalue weighted by atomic mass is 10.0. The molecule has 22 heavy (non-hydrogen) atoms. The molecule has 1 saturated heterocycles. The molecule has 3 rings (SSSR count). The normalized spacial score (nSPS) is 23.6. The van der Waals surface area contributed by atoms with Gasteiger partial charge in [-0.05, 0) is 43.2 Å². The summed E-state index contributed by atoms with van der Waals surface area (Å²) in [6.45, 7) is 8.46. The van der Waals surface area contributed by atoms with Crippen molar-refractivity contribution in [1.29, 1.82) is 0 Å². The van der Waals surface area contributed by atoms with Crippen LogP contribution >= 0.6 is 0 Å². The van der Waals surface area contributed by atoms with Gasteiger partial charge in [0.1, 0.15) is 0 Å². The van der Waals surface area contributed by atoms with Gasteiger partial charge in [-0.15, -0.1) is 5.10 Å². The van der Waals surface area contributed by atoms with Crippen LogP contribution < -0.4 is 0 Å². The van der Waals surface area contributed by atoms with Gasteiger partial charge in [0.15, 0.2) is 5.69 Å². The van der Waals surface area contributed by atoms with E-state index in [1.54, 1.807) is 18.3 Å². The predicted molar refractivity (Wildman–Crippen MR) is 85.5 cm³/mol. The van der Waals surface area contributed by atoms with Gasteiger partial charge in [-0.3, -0.25) is 9.69 Å². The first kappa shape index (κ1) is 15.4. The first-order valence-corrected chi connectivity index (χ1v) is 8.46. The van der Waals surface area contributed by atoms with Gasteiger partial charge < -0.3 is 4.90 Å². The van der Waals surface area contributed by atoms with Crippen LogP contribution in [0.25, 0.3) is 0 Å². The molecule has 2 fully saturated rings. The Kier molecular flexibility index (Phi) is 4.71. The molecule has 0 aromatic carbocycles. The molecule has 0 N–H and O–H groups in total. The fraction of sp³-hybridized carbons (Fsp3) is 0.706. The molecular weight excluding hydrogens is 276 g/mol. The Morgan fingerprint density at radius 3 is 2.82 bits per heavy atom. The Morgan fingerprint density at radius 1 is 1.36 bits per heavy atom. The van der Waals surface area contributed by atoms with Crippen LogP contribution in [0, 0.1) is 11.8 Å². The van der Waals surface area contributed by atoms with Crippen LogP contribution in [0.15, 0.2) is 18.3 Å². The summed E-state index contributed by atoms with van der Waals surface area (Å²) in [7, 11) is 0. The van der Waals surface area contributed by atoms with Crippen molar-refractivity contribution in [3.63, 3.8) is 0 Å². The third kappa shape index (κ3) is 3.64. The quantitative estimate of drug-likeness (QED) is 0.854. The minimum Gasteiger partial charge on any atom is -0.336 e. The van der Waals surface area contributed by atoms with E-state index in [2.05, 4.69) is 28.9 Å². The number of amides is 1. The van der Waals surface area contributed by atoms with Crippen LogP contribution in [0.5, 0.6) is 0 Å². The maximum absolute atomic E-state index is 12.7. The van der Waals surface area contributed by atoms with Crippen molar-refractivity contribution < 1.29 is 4.79 Å². The second-order valence-corrected chi connectivity index (χ2v) is 6.96. The summed E-state index contributed by atoms with van der Waals surface area (Å²) in [5.41, 5.74) is 0.459. The molecule has 2 heterocycles. The molecule has 1 saturated carbocycles. The van der Waals surface area contributed by atoms with Crippen LogP contribution in [-0.2, 0) is 0 Å². The number of hydrogen-bond donors (Lipinski definition) is 0. The summed E-state index contributed by atoms with van der Waals surface area (Å²) in [6.07, 6.45) is 5.41. The molecule has 120 valence electrons. The SMILES string of the molecule is CC(C)C1CN(C(=O)c2cccnn2)CCCN1CC1CC1. The highest BCUT2D eigenvalue weighted by Crippen LogP contribution is 2.32. The molecule has 2 aliphatic rings. The van der Waals surface area contributed by atoms with E-state index < -0.39 is 0 Å². The summed E-state index contributed by atoms with van der Waals surface area (Å²) in [5, 5.41) is 7.81. The summed E-state index contributed by atoms with van der Waals surface area (Å²) in [4.78, 5) is 17.3. The van der Waals surface area contributed by atoms with Crippen LogP contribution in [-0.4, -0.2) is 58.1 Å². The summed E-state index contributed by atoms with van der Waals surface area (Å²) >= 11 is 0. The molecule has 5 nitrogen and oxygen atoms in total. The molecule has 1 aromatic heterocycles. The number of rotatable bonds is 4. The number of carbonyl (C=O) groups is 1. The standard InChI is InChI=1S/C17H26N4O/c1-13(2)16-12-21(17(22)15-5-3-8-18-19-15)10-4-9-20(16)11-14-6-7-14/h3,5,8,13-14,16H,4,6-7,9-12H2,1-2H3. The van der Waals surface area contributed by atoms with Gasteiger partial charge in [0.25, 0.3) is 5.91 Å². The van der Waals surface area contributed by atoms with E-state index in [1.165, 1.54) is 19.4 Å². The smallest absolute Gasteiger partial charge is 0.274 e. The van der Waals surface area contributed by atoms with Crippen molar-refractivity contribution in [1.82, 2.24) is 20.0 Å². The third-order valence-electron chi connectivity index (χ3n) is 4.79. The predicted octanol–water partition coefficient (Wildman–Crippen LogP) is 2.06. The average molecular weight is 302 g/mol. The lowest BCUT2D eigenvalue weighted by Gasteiger charge is -2.34. The lowest BCUT2D eigenvalue weighted by Crippen LogP contribution is -2.46. The Bertz CT molecular complexity index is 501. The van der Waals surface area contributed by atoms with Crippen molar-refractivity contribution >= 4 is 5.91 Å². The highest BCUT2D eigenvalue weighted by Gasteiger charge is 2.33. The molecular formula is C17H26N4O. The van der Waals surface area contributed by atoms with E-state index in [0.29, 0.717) is 17.7 Å². The first-order valence-electron chi connectivity index (χ1n) is 8.46. The molecule has 1 unspecified atom stereocenters. The monoisotopic (exact) mass is 302 g/mol. The number of carbonyl (C=O) groups excluding carboxylic acids is 1. The molecule has 1 atom stereocenters. The zero-order valence-electron chi connectivity index (χ0n) is 13.6. The number of nitrogens with zero attached hydrogens (tertiary/aromatic N) is 4. The van der Waals surface area contributed by atoms with Gasteiger partial charge in [0.05, 0.1) is 0 Å². The largest absolute Gasteiger partial charge is 0.336 e. The molecule has 0 spiro atoms. The summed E-state index contributed by atoms with van der Waals surface area (Å²) < 4.78 is 0. The van der Waals surface area contributed by atoms with E-state index in [9.17, 15) is 4.79 Å². The molecule has 1 amide bonds. The van der Waals surface area contributed by atoms with Crippen LogP contribution in [0.4, 0.5) is 0 Å². The minimum atomic E-state index is 0.0204. The maximum Gasteiger partial charge on any atom is 0.274 e. The van der Waals surface area contributed by atoms with Crippen LogP contribution in [0.2, 0.25) is 0 Å². The topological polar surface area (TPSA) is 49.3 Å². The zero-order valence-corrected chi connectivity index (χ0v) is 13.6. The van der Waals surface area contributed by atoms with Gasteiger partial charge in [0.2, 0.25) is 0 Å². The first-order chi connectivity index (χ1) is 10.6. The van der Waals surface area contributed by atoms with E-state index in [1.807, 2.05) is 4.90 Å². The third-order valence-corrected chi connectivity index (χ3v) is 4.79. The molecule has 1 aromatic rings.